The molecule has 0 amide bonds. The molecule has 1 aliphatic rings. The summed E-state index contributed by atoms with van der Waals surface area (Å²) in [6.45, 7) is 7.47. The van der Waals surface area contributed by atoms with Crippen LogP contribution in [-0.4, -0.2) is 0 Å². The SMILES string of the molecule is CC(C)(C)c1ccc(-c2cccc3c2N=NC3)s1. The Hall–Kier alpha value is -1.48. The zero-order valence-corrected chi connectivity index (χ0v) is 11.7. The Morgan fingerprint density at radius 2 is 1.94 bits per heavy atom. The van der Waals surface area contributed by atoms with E-state index >= 15 is 0 Å². The second kappa shape index (κ2) is 4.02. The minimum atomic E-state index is 0.211. The lowest BCUT2D eigenvalue weighted by atomic mass is 9.95. The van der Waals surface area contributed by atoms with Gasteiger partial charge < -0.3 is 0 Å². The molecule has 0 spiro atoms. The Labute approximate surface area is 111 Å². The van der Waals surface area contributed by atoms with Gasteiger partial charge in [-0.25, -0.2) is 0 Å². The van der Waals surface area contributed by atoms with Gasteiger partial charge in [0.05, 0.1) is 12.2 Å². The Kier molecular flexibility index (Phi) is 2.59. The van der Waals surface area contributed by atoms with Crippen LogP contribution in [0, 0.1) is 0 Å². The lowest BCUT2D eigenvalue weighted by Gasteiger charge is -2.15. The van der Waals surface area contributed by atoms with Gasteiger partial charge in [0.25, 0.3) is 0 Å². The Balaban J connectivity index is 2.09. The van der Waals surface area contributed by atoms with E-state index < -0.39 is 0 Å². The standard InChI is InChI=1S/C15H16N2S/c1-15(2,3)13-8-7-12(18-13)11-6-4-5-10-9-16-17-14(10)11/h4-8H,9H2,1-3H3. The van der Waals surface area contributed by atoms with Crippen molar-refractivity contribution in [1.29, 1.82) is 0 Å². The van der Waals surface area contributed by atoms with Crippen LogP contribution in [0.1, 0.15) is 31.2 Å². The Morgan fingerprint density at radius 1 is 1.11 bits per heavy atom. The van der Waals surface area contributed by atoms with E-state index in [9.17, 15) is 0 Å². The highest BCUT2D eigenvalue weighted by atomic mass is 32.1. The van der Waals surface area contributed by atoms with Gasteiger partial charge in [0, 0.05) is 20.9 Å². The average Bonchev–Trinajstić information content (AvgIpc) is 2.96. The van der Waals surface area contributed by atoms with Crippen LogP contribution in [0.25, 0.3) is 10.4 Å². The molecule has 0 aliphatic carbocycles. The van der Waals surface area contributed by atoms with Gasteiger partial charge in [0.2, 0.25) is 0 Å². The molecule has 3 rings (SSSR count). The van der Waals surface area contributed by atoms with Gasteiger partial charge in [0.1, 0.15) is 0 Å². The molecule has 1 aliphatic heterocycles. The van der Waals surface area contributed by atoms with E-state index in [0.29, 0.717) is 0 Å². The van der Waals surface area contributed by atoms with Crippen molar-refractivity contribution in [2.24, 2.45) is 10.2 Å². The predicted octanol–water partition coefficient (Wildman–Crippen LogP) is 5.31. The monoisotopic (exact) mass is 256 g/mol. The van der Waals surface area contributed by atoms with E-state index in [4.69, 9.17) is 0 Å². The van der Waals surface area contributed by atoms with E-state index in [1.54, 1.807) is 0 Å². The molecular formula is C15H16N2S. The van der Waals surface area contributed by atoms with Crippen molar-refractivity contribution in [2.45, 2.75) is 32.7 Å². The fourth-order valence-electron chi connectivity index (χ4n) is 2.10. The second-order valence-corrected chi connectivity index (χ2v) is 6.71. The molecule has 2 heterocycles. The highest BCUT2D eigenvalue weighted by molar-refractivity contribution is 7.15. The van der Waals surface area contributed by atoms with Gasteiger partial charge in [0.15, 0.2) is 0 Å². The van der Waals surface area contributed by atoms with E-state index in [0.717, 1.165) is 12.2 Å². The van der Waals surface area contributed by atoms with E-state index in [-0.39, 0.29) is 5.41 Å². The van der Waals surface area contributed by atoms with Crippen LogP contribution < -0.4 is 0 Å². The fourth-order valence-corrected chi connectivity index (χ4v) is 3.19. The molecule has 18 heavy (non-hydrogen) atoms. The third-order valence-corrected chi connectivity index (χ3v) is 4.69. The number of hydrogen-bond donors (Lipinski definition) is 0. The van der Waals surface area contributed by atoms with Crippen LogP contribution >= 0.6 is 11.3 Å². The number of nitrogens with zero attached hydrogens (tertiary/aromatic N) is 2. The van der Waals surface area contributed by atoms with Gasteiger partial charge in [-0.05, 0) is 17.5 Å². The number of rotatable bonds is 1. The molecule has 0 atom stereocenters. The van der Waals surface area contributed by atoms with Crippen molar-refractivity contribution in [1.82, 2.24) is 0 Å². The second-order valence-electron chi connectivity index (χ2n) is 5.63. The molecule has 2 aromatic rings. The third-order valence-electron chi connectivity index (χ3n) is 3.14. The van der Waals surface area contributed by atoms with E-state index in [2.05, 4.69) is 61.3 Å². The summed E-state index contributed by atoms with van der Waals surface area (Å²) in [7, 11) is 0. The topological polar surface area (TPSA) is 24.7 Å². The lowest BCUT2D eigenvalue weighted by Crippen LogP contribution is -2.07. The van der Waals surface area contributed by atoms with Crippen molar-refractivity contribution in [3.8, 4) is 10.4 Å². The summed E-state index contributed by atoms with van der Waals surface area (Å²) in [6.07, 6.45) is 0. The highest BCUT2D eigenvalue weighted by Gasteiger charge is 2.19. The van der Waals surface area contributed by atoms with Crippen LogP contribution in [-0.2, 0) is 12.0 Å². The van der Waals surface area contributed by atoms with E-state index in [1.807, 2.05) is 11.3 Å². The van der Waals surface area contributed by atoms with E-state index in [1.165, 1.54) is 20.9 Å². The zero-order valence-electron chi connectivity index (χ0n) is 10.9. The van der Waals surface area contributed by atoms with Crippen LogP contribution in [0.5, 0.6) is 0 Å². The maximum absolute atomic E-state index is 4.28. The molecule has 3 heteroatoms. The first kappa shape index (κ1) is 11.6. The maximum atomic E-state index is 4.28. The summed E-state index contributed by atoms with van der Waals surface area (Å²) in [5.74, 6) is 0. The van der Waals surface area contributed by atoms with Gasteiger partial charge in [-0.1, -0.05) is 39.0 Å². The number of azo groups is 1. The van der Waals surface area contributed by atoms with Crippen molar-refractivity contribution in [3.63, 3.8) is 0 Å². The predicted molar refractivity (Wildman–Crippen MR) is 76.7 cm³/mol. The zero-order chi connectivity index (χ0) is 12.8. The summed E-state index contributed by atoms with van der Waals surface area (Å²) in [5.41, 5.74) is 3.72. The first-order valence-electron chi connectivity index (χ1n) is 6.16. The van der Waals surface area contributed by atoms with Crippen LogP contribution in [0.15, 0.2) is 40.6 Å². The summed E-state index contributed by atoms with van der Waals surface area (Å²) in [4.78, 5) is 2.70. The summed E-state index contributed by atoms with van der Waals surface area (Å²) < 4.78 is 0. The fraction of sp³-hybridized carbons (Fsp3) is 0.333. The largest absolute Gasteiger partial charge is 0.184 e. The molecule has 0 fully saturated rings. The molecule has 2 nitrogen and oxygen atoms in total. The minimum absolute atomic E-state index is 0.211. The van der Waals surface area contributed by atoms with Crippen LogP contribution in [0.4, 0.5) is 5.69 Å². The molecule has 92 valence electrons. The molecule has 1 aromatic carbocycles. The average molecular weight is 256 g/mol. The minimum Gasteiger partial charge on any atom is -0.184 e. The quantitative estimate of drug-likeness (QED) is 0.660. The molecule has 0 saturated carbocycles. The molecule has 0 radical (unpaired) electrons. The number of hydrogen-bond acceptors (Lipinski definition) is 3. The van der Waals surface area contributed by atoms with Crippen LogP contribution in [0.3, 0.4) is 0 Å². The molecule has 1 aromatic heterocycles. The van der Waals surface area contributed by atoms with Gasteiger partial charge in [-0.15, -0.1) is 11.3 Å². The molecule has 0 N–H and O–H groups in total. The Morgan fingerprint density at radius 3 is 2.67 bits per heavy atom. The summed E-state index contributed by atoms with van der Waals surface area (Å²) >= 11 is 1.86. The summed E-state index contributed by atoms with van der Waals surface area (Å²) in [6, 6.07) is 10.8. The van der Waals surface area contributed by atoms with Crippen LogP contribution in [0.2, 0.25) is 0 Å². The van der Waals surface area contributed by atoms with Gasteiger partial charge in [-0.3, -0.25) is 0 Å². The first-order valence-corrected chi connectivity index (χ1v) is 6.97. The molecule has 0 bridgehead atoms. The van der Waals surface area contributed by atoms with Crippen molar-refractivity contribution in [2.75, 3.05) is 0 Å². The smallest absolute Gasteiger partial charge is 0.0990 e. The Bertz CT molecular complexity index is 618. The highest BCUT2D eigenvalue weighted by Crippen LogP contribution is 2.42. The number of fused-ring (bicyclic) bond motifs is 1. The summed E-state index contributed by atoms with van der Waals surface area (Å²) in [5, 5.41) is 8.40. The van der Waals surface area contributed by atoms with Gasteiger partial charge in [-0.2, -0.15) is 10.2 Å². The number of thiophene rings is 1. The van der Waals surface area contributed by atoms with Gasteiger partial charge >= 0.3 is 0 Å². The van der Waals surface area contributed by atoms with Crippen molar-refractivity contribution < 1.29 is 0 Å². The third kappa shape index (κ3) is 1.89. The first-order chi connectivity index (χ1) is 8.55. The molecule has 0 saturated heterocycles. The van der Waals surface area contributed by atoms with Crippen molar-refractivity contribution >= 4 is 17.0 Å². The number of benzene rings is 1. The van der Waals surface area contributed by atoms with Crippen molar-refractivity contribution in [3.05, 3.63) is 40.8 Å². The molecule has 0 unspecified atom stereocenters. The lowest BCUT2D eigenvalue weighted by molar-refractivity contribution is 0.604. The molecular weight excluding hydrogens is 240 g/mol. The normalized spacial score (nSPS) is 13.9. The maximum Gasteiger partial charge on any atom is 0.0990 e.